The minimum atomic E-state index is -0.870. The average molecular weight is 558 g/mol. The largest absolute Gasteiger partial charge is 0.458 e. The molecule has 0 aromatic rings. The molecule has 0 radical (unpaired) electrons. The summed E-state index contributed by atoms with van der Waals surface area (Å²) in [4.78, 5) is 36.7. The van der Waals surface area contributed by atoms with Crippen molar-refractivity contribution >= 4 is 49.4 Å². The first kappa shape index (κ1) is 23.4. The number of ether oxygens (including phenoxy) is 1. The minimum Gasteiger partial charge on any atom is -0.458 e. The molecule has 0 heterocycles. The summed E-state index contributed by atoms with van der Waals surface area (Å²) >= 11 is 7.88. The van der Waals surface area contributed by atoms with Crippen molar-refractivity contribution < 1.29 is 24.2 Å². The molecule has 1 N–H and O–H groups in total. The van der Waals surface area contributed by atoms with Crippen molar-refractivity contribution in [3.63, 3.8) is 0 Å². The lowest BCUT2D eigenvalue weighted by atomic mass is 9.46. The van der Waals surface area contributed by atoms with Crippen LogP contribution in [0.5, 0.6) is 0 Å². The number of rotatable bonds is 3. The predicted molar refractivity (Wildman–Crippen MR) is 124 cm³/mol. The fourth-order valence-corrected chi connectivity index (χ4v) is 9.24. The quantitative estimate of drug-likeness (QED) is 0.413. The molecule has 3 fully saturated rings. The molecule has 170 valence electrons. The van der Waals surface area contributed by atoms with E-state index in [0.29, 0.717) is 6.42 Å². The van der Waals surface area contributed by atoms with E-state index in [9.17, 15) is 19.5 Å². The third-order valence-electron chi connectivity index (χ3n) is 8.96. The van der Waals surface area contributed by atoms with E-state index in [-0.39, 0.29) is 35.9 Å². The Bertz CT molecular complexity index is 912. The number of carbonyl (C=O) groups excluding carboxylic acids is 3. The second kappa shape index (κ2) is 7.36. The maximum Gasteiger partial charge on any atom is 0.303 e. The minimum absolute atomic E-state index is 0.00203. The van der Waals surface area contributed by atoms with Crippen LogP contribution >= 0.6 is 31.9 Å². The maximum atomic E-state index is 13.3. The molecule has 7 heteroatoms. The molecule has 0 amide bonds. The maximum absolute atomic E-state index is 13.3. The highest BCUT2D eigenvalue weighted by Gasteiger charge is 2.74. The van der Waals surface area contributed by atoms with Crippen molar-refractivity contribution in [2.45, 2.75) is 68.1 Å². The van der Waals surface area contributed by atoms with Gasteiger partial charge in [-0.1, -0.05) is 64.3 Å². The Hall–Kier alpha value is -0.790. The van der Waals surface area contributed by atoms with E-state index in [1.54, 1.807) is 12.2 Å². The van der Waals surface area contributed by atoms with Crippen LogP contribution in [-0.4, -0.2) is 44.0 Å². The van der Waals surface area contributed by atoms with Crippen molar-refractivity contribution in [1.29, 1.82) is 0 Å². The second-order valence-corrected chi connectivity index (χ2v) is 12.9. The van der Waals surface area contributed by atoms with Gasteiger partial charge >= 0.3 is 5.97 Å². The topological polar surface area (TPSA) is 80.7 Å². The summed E-state index contributed by atoms with van der Waals surface area (Å²) in [6, 6.07) is 0. The fraction of sp³-hybridized carbons (Fsp3) is 0.708. The van der Waals surface area contributed by atoms with Gasteiger partial charge in [-0.25, -0.2) is 0 Å². The van der Waals surface area contributed by atoms with Crippen molar-refractivity contribution in [3.05, 3.63) is 23.8 Å². The Labute approximate surface area is 200 Å². The summed E-state index contributed by atoms with van der Waals surface area (Å²) in [6.45, 7) is 7.33. The first-order chi connectivity index (χ1) is 14.3. The summed E-state index contributed by atoms with van der Waals surface area (Å²) in [5.74, 6) is -0.263. The SMILES string of the molecule is CC(=O)OCC(=O)[C@@]1(Br)[C@H](C)C[C@H]2[C@@H]3CCC4=CC(=O)C=C[C@]4(C)[C@@]3(Br)[C@@H](O)C[C@@]21C. The molecule has 4 rings (SSSR count). The first-order valence-corrected chi connectivity index (χ1v) is 12.6. The molecule has 0 spiro atoms. The van der Waals surface area contributed by atoms with Crippen LogP contribution in [0.25, 0.3) is 0 Å². The summed E-state index contributed by atoms with van der Waals surface area (Å²) < 4.78 is 3.59. The summed E-state index contributed by atoms with van der Waals surface area (Å²) in [5.41, 5.74) is 0.113. The third kappa shape index (κ3) is 2.91. The summed E-state index contributed by atoms with van der Waals surface area (Å²) in [5, 5.41) is 11.7. The molecular weight excluding hydrogens is 528 g/mol. The Morgan fingerprint density at radius 2 is 1.94 bits per heavy atom. The molecule has 0 aromatic carbocycles. The number of hydrogen-bond donors (Lipinski definition) is 1. The third-order valence-corrected chi connectivity index (χ3v) is 13.0. The zero-order valence-corrected chi connectivity index (χ0v) is 21.6. The highest BCUT2D eigenvalue weighted by atomic mass is 79.9. The van der Waals surface area contributed by atoms with Crippen molar-refractivity contribution in [2.24, 2.45) is 28.6 Å². The normalized spacial score (nSPS) is 48.4. The number of hydrogen-bond acceptors (Lipinski definition) is 5. The predicted octanol–water partition coefficient (Wildman–Crippen LogP) is 4.29. The molecule has 31 heavy (non-hydrogen) atoms. The molecular formula is C24H30Br2O5. The highest BCUT2D eigenvalue weighted by Crippen LogP contribution is 2.73. The molecule has 0 bridgehead atoms. The van der Waals surface area contributed by atoms with E-state index < -0.39 is 31.6 Å². The lowest BCUT2D eigenvalue weighted by Crippen LogP contribution is -2.67. The van der Waals surface area contributed by atoms with Crippen LogP contribution in [0.3, 0.4) is 0 Å². The van der Waals surface area contributed by atoms with Crippen LogP contribution < -0.4 is 0 Å². The van der Waals surface area contributed by atoms with Crippen LogP contribution in [-0.2, 0) is 19.1 Å². The number of fused-ring (bicyclic) bond motifs is 5. The van der Waals surface area contributed by atoms with Gasteiger partial charge in [0.1, 0.15) is 0 Å². The number of aliphatic hydroxyl groups is 1. The van der Waals surface area contributed by atoms with Gasteiger partial charge in [0.15, 0.2) is 18.2 Å². The van der Waals surface area contributed by atoms with E-state index in [0.717, 1.165) is 24.8 Å². The van der Waals surface area contributed by atoms with Crippen LogP contribution in [0.2, 0.25) is 0 Å². The van der Waals surface area contributed by atoms with Crippen molar-refractivity contribution in [1.82, 2.24) is 0 Å². The highest BCUT2D eigenvalue weighted by molar-refractivity contribution is 9.10. The molecule has 4 aliphatic carbocycles. The number of allylic oxidation sites excluding steroid dienone is 4. The van der Waals surface area contributed by atoms with Crippen LogP contribution in [0.1, 0.15) is 53.4 Å². The van der Waals surface area contributed by atoms with Crippen LogP contribution in [0.4, 0.5) is 0 Å². The number of halogens is 2. The van der Waals surface area contributed by atoms with Crippen molar-refractivity contribution in [2.75, 3.05) is 6.61 Å². The van der Waals surface area contributed by atoms with E-state index >= 15 is 0 Å². The average Bonchev–Trinajstić information content (AvgIpc) is 2.89. The number of Topliss-reactive ketones (excluding diaryl/α,β-unsaturated/α-hetero) is 1. The van der Waals surface area contributed by atoms with Gasteiger partial charge in [0.25, 0.3) is 0 Å². The van der Waals surface area contributed by atoms with E-state index in [2.05, 4.69) is 52.6 Å². The molecule has 3 saturated carbocycles. The van der Waals surface area contributed by atoms with Crippen LogP contribution in [0, 0.1) is 28.6 Å². The van der Waals surface area contributed by atoms with Gasteiger partial charge in [0.2, 0.25) is 0 Å². The molecule has 4 aliphatic rings. The van der Waals surface area contributed by atoms with E-state index in [1.807, 2.05) is 6.08 Å². The van der Waals surface area contributed by atoms with Gasteiger partial charge in [-0.05, 0) is 61.0 Å². The Balaban J connectivity index is 1.76. The molecule has 5 nitrogen and oxygen atoms in total. The summed E-state index contributed by atoms with van der Waals surface area (Å²) in [6.07, 6.45) is 7.52. The number of ketones is 2. The second-order valence-electron chi connectivity index (χ2n) is 10.3. The van der Waals surface area contributed by atoms with E-state index in [1.165, 1.54) is 6.92 Å². The van der Waals surface area contributed by atoms with Gasteiger partial charge in [0, 0.05) is 12.3 Å². The number of aliphatic hydroxyl groups excluding tert-OH is 1. The zero-order chi connectivity index (χ0) is 23.0. The molecule has 0 aromatic heterocycles. The van der Waals surface area contributed by atoms with Gasteiger partial charge in [-0.3, -0.25) is 14.4 Å². The zero-order valence-electron chi connectivity index (χ0n) is 18.4. The summed E-state index contributed by atoms with van der Waals surface area (Å²) in [7, 11) is 0. The van der Waals surface area contributed by atoms with Crippen LogP contribution in [0.15, 0.2) is 23.8 Å². The number of esters is 1. The fourth-order valence-electron chi connectivity index (χ4n) is 7.38. The standard InChI is InChI=1S/C24H30Br2O5/c1-13-9-18-17-6-5-15-10-16(28)7-8-21(15,3)24(17,26)19(29)11-22(18,4)23(13,25)20(30)12-31-14(2)27/h7-8,10,13,17-19,29H,5-6,9,11-12H2,1-4H3/t13-,17+,18+,19+,21+,22+,23+,24+/m1/s1. The smallest absolute Gasteiger partial charge is 0.303 e. The first-order valence-electron chi connectivity index (χ1n) is 11.0. The van der Waals surface area contributed by atoms with Gasteiger partial charge in [0.05, 0.1) is 14.8 Å². The van der Waals surface area contributed by atoms with Gasteiger partial charge in [-0.2, -0.15) is 0 Å². The lowest BCUT2D eigenvalue weighted by Gasteiger charge is -2.64. The number of alkyl halides is 2. The van der Waals surface area contributed by atoms with Gasteiger partial charge < -0.3 is 9.84 Å². The van der Waals surface area contributed by atoms with Gasteiger partial charge in [-0.15, -0.1) is 0 Å². The molecule has 0 aliphatic heterocycles. The lowest BCUT2D eigenvalue weighted by molar-refractivity contribution is -0.149. The Kier molecular flexibility index (Phi) is 5.55. The van der Waals surface area contributed by atoms with E-state index in [4.69, 9.17) is 4.74 Å². The Morgan fingerprint density at radius 1 is 1.26 bits per heavy atom. The molecule has 0 saturated heterocycles. The molecule has 0 unspecified atom stereocenters. The molecule has 8 atom stereocenters. The van der Waals surface area contributed by atoms with Crippen molar-refractivity contribution in [3.8, 4) is 0 Å². The monoisotopic (exact) mass is 556 g/mol. The Morgan fingerprint density at radius 3 is 2.58 bits per heavy atom. The number of carbonyl (C=O) groups is 3.